The summed E-state index contributed by atoms with van der Waals surface area (Å²) in [5.74, 6) is -1.35. The molecule has 0 radical (unpaired) electrons. The largest absolute Gasteiger partial charge is 0.481 e. The molecule has 0 aliphatic heterocycles. The molecular formula is C12H18N2O4. The molecule has 18 heavy (non-hydrogen) atoms. The van der Waals surface area contributed by atoms with Crippen LogP contribution in [-0.2, 0) is 4.79 Å². The van der Waals surface area contributed by atoms with E-state index in [1.165, 1.54) is 0 Å². The molecule has 0 saturated heterocycles. The third kappa shape index (κ3) is 3.32. The number of hydrogen-bond donors (Lipinski definition) is 2. The van der Waals surface area contributed by atoms with Crippen molar-refractivity contribution >= 4 is 11.9 Å². The average Bonchev–Trinajstić information content (AvgIpc) is 2.63. The van der Waals surface area contributed by atoms with Crippen molar-refractivity contribution in [2.45, 2.75) is 33.6 Å². The minimum Gasteiger partial charge on any atom is -0.481 e. The molecule has 1 rings (SSSR count). The van der Waals surface area contributed by atoms with Gasteiger partial charge in [-0.1, -0.05) is 18.5 Å². The smallest absolute Gasteiger partial charge is 0.308 e. The summed E-state index contributed by atoms with van der Waals surface area (Å²) in [5.41, 5.74) is 0.892. The third-order valence-corrected chi connectivity index (χ3v) is 2.76. The number of carbonyl (C=O) groups excluding carboxylic acids is 1. The van der Waals surface area contributed by atoms with Gasteiger partial charge in [-0.15, -0.1) is 0 Å². The topological polar surface area (TPSA) is 92.4 Å². The van der Waals surface area contributed by atoms with Crippen LogP contribution < -0.4 is 5.32 Å². The van der Waals surface area contributed by atoms with Gasteiger partial charge in [0, 0.05) is 6.54 Å². The van der Waals surface area contributed by atoms with Gasteiger partial charge in [0.15, 0.2) is 0 Å². The summed E-state index contributed by atoms with van der Waals surface area (Å²) >= 11 is 0. The van der Waals surface area contributed by atoms with Crippen LogP contribution in [0.25, 0.3) is 0 Å². The number of nitrogens with one attached hydrogen (secondary N) is 1. The van der Waals surface area contributed by atoms with Gasteiger partial charge in [0.2, 0.25) is 0 Å². The molecule has 1 unspecified atom stereocenters. The van der Waals surface area contributed by atoms with Crippen LogP contribution >= 0.6 is 0 Å². The number of rotatable bonds is 6. The van der Waals surface area contributed by atoms with Gasteiger partial charge in [0.1, 0.15) is 11.3 Å². The SMILES string of the molecule is CCCC(CNC(=O)c1c(C)noc1C)C(=O)O. The van der Waals surface area contributed by atoms with Gasteiger partial charge >= 0.3 is 5.97 Å². The van der Waals surface area contributed by atoms with E-state index in [0.29, 0.717) is 23.4 Å². The lowest BCUT2D eigenvalue weighted by Crippen LogP contribution is -2.33. The summed E-state index contributed by atoms with van der Waals surface area (Å²) in [6, 6.07) is 0. The molecule has 1 atom stereocenters. The third-order valence-electron chi connectivity index (χ3n) is 2.76. The number of aliphatic carboxylic acids is 1. The average molecular weight is 254 g/mol. The number of nitrogens with zero attached hydrogens (tertiary/aromatic N) is 1. The van der Waals surface area contributed by atoms with Crippen LogP contribution in [0.4, 0.5) is 0 Å². The number of hydrogen-bond acceptors (Lipinski definition) is 4. The number of aryl methyl sites for hydroxylation is 2. The van der Waals surface area contributed by atoms with E-state index < -0.39 is 11.9 Å². The first-order valence-corrected chi connectivity index (χ1v) is 5.91. The maximum Gasteiger partial charge on any atom is 0.308 e. The first-order valence-electron chi connectivity index (χ1n) is 5.91. The highest BCUT2D eigenvalue weighted by Crippen LogP contribution is 2.12. The molecule has 1 heterocycles. The molecule has 0 aliphatic rings. The summed E-state index contributed by atoms with van der Waals surface area (Å²) in [6.07, 6.45) is 1.30. The van der Waals surface area contributed by atoms with Crippen molar-refractivity contribution in [3.8, 4) is 0 Å². The molecular weight excluding hydrogens is 236 g/mol. The Morgan fingerprint density at radius 1 is 1.44 bits per heavy atom. The molecule has 0 aromatic carbocycles. The number of aromatic nitrogens is 1. The van der Waals surface area contributed by atoms with Gasteiger partial charge < -0.3 is 14.9 Å². The van der Waals surface area contributed by atoms with Crippen LogP contribution in [-0.4, -0.2) is 28.7 Å². The number of carbonyl (C=O) groups is 2. The molecule has 1 aromatic rings. The quantitative estimate of drug-likeness (QED) is 0.803. The Kier molecular flexibility index (Phi) is 4.88. The normalized spacial score (nSPS) is 12.2. The second-order valence-corrected chi connectivity index (χ2v) is 4.23. The molecule has 0 fully saturated rings. The van der Waals surface area contributed by atoms with Gasteiger partial charge in [0.25, 0.3) is 5.91 Å². The highest BCUT2D eigenvalue weighted by molar-refractivity contribution is 5.96. The van der Waals surface area contributed by atoms with E-state index in [2.05, 4.69) is 10.5 Å². The molecule has 0 aliphatic carbocycles. The Bertz CT molecular complexity index is 420. The summed E-state index contributed by atoms with van der Waals surface area (Å²) in [4.78, 5) is 22.8. The van der Waals surface area contributed by atoms with Crippen LogP contribution in [0.1, 0.15) is 41.6 Å². The predicted molar refractivity (Wildman–Crippen MR) is 64.3 cm³/mol. The lowest BCUT2D eigenvalue weighted by atomic mass is 10.0. The van der Waals surface area contributed by atoms with Gasteiger partial charge in [0.05, 0.1) is 11.6 Å². The van der Waals surface area contributed by atoms with Gasteiger partial charge in [-0.2, -0.15) is 0 Å². The van der Waals surface area contributed by atoms with Crippen LogP contribution in [0, 0.1) is 19.8 Å². The fourth-order valence-electron chi connectivity index (χ4n) is 1.77. The highest BCUT2D eigenvalue weighted by Gasteiger charge is 2.21. The Morgan fingerprint density at radius 2 is 2.11 bits per heavy atom. The molecule has 0 bridgehead atoms. The van der Waals surface area contributed by atoms with Gasteiger partial charge in [-0.05, 0) is 20.3 Å². The summed E-state index contributed by atoms with van der Waals surface area (Å²) < 4.78 is 4.89. The first-order chi connectivity index (χ1) is 8.47. The molecule has 0 spiro atoms. The number of carboxylic acid groups (broad SMARTS) is 1. The first kappa shape index (κ1) is 14.2. The molecule has 1 amide bonds. The summed E-state index contributed by atoms with van der Waals surface area (Å²) in [7, 11) is 0. The van der Waals surface area contributed by atoms with Gasteiger partial charge in [-0.25, -0.2) is 0 Å². The standard InChI is InChI=1S/C12H18N2O4/c1-4-5-9(12(16)17)6-13-11(15)10-7(2)14-18-8(10)3/h9H,4-6H2,1-3H3,(H,13,15)(H,16,17). The summed E-state index contributed by atoms with van der Waals surface area (Å²) in [6.45, 7) is 5.35. The number of carboxylic acids is 1. The van der Waals surface area contributed by atoms with E-state index in [1.54, 1.807) is 13.8 Å². The monoisotopic (exact) mass is 254 g/mol. The Labute approximate surface area is 105 Å². The zero-order valence-electron chi connectivity index (χ0n) is 10.8. The van der Waals surface area contributed by atoms with Crippen LogP contribution in [0.2, 0.25) is 0 Å². The summed E-state index contributed by atoms with van der Waals surface area (Å²) in [5, 5.41) is 15.3. The van der Waals surface area contributed by atoms with Crippen molar-refractivity contribution in [1.29, 1.82) is 0 Å². The van der Waals surface area contributed by atoms with Crippen LogP contribution in [0.5, 0.6) is 0 Å². The van der Waals surface area contributed by atoms with E-state index >= 15 is 0 Å². The lowest BCUT2D eigenvalue weighted by molar-refractivity contribution is -0.141. The van der Waals surface area contributed by atoms with E-state index in [1.807, 2.05) is 6.92 Å². The predicted octanol–water partition coefficient (Wildman–Crippen LogP) is 1.52. The van der Waals surface area contributed by atoms with E-state index in [9.17, 15) is 9.59 Å². The van der Waals surface area contributed by atoms with E-state index in [-0.39, 0.29) is 12.5 Å². The maximum absolute atomic E-state index is 11.9. The van der Waals surface area contributed by atoms with Crippen molar-refractivity contribution in [3.63, 3.8) is 0 Å². The van der Waals surface area contributed by atoms with Crippen molar-refractivity contribution in [1.82, 2.24) is 10.5 Å². The van der Waals surface area contributed by atoms with Gasteiger partial charge in [-0.3, -0.25) is 9.59 Å². The Hall–Kier alpha value is -1.85. The fourth-order valence-corrected chi connectivity index (χ4v) is 1.77. The van der Waals surface area contributed by atoms with E-state index in [4.69, 9.17) is 9.63 Å². The van der Waals surface area contributed by atoms with Crippen molar-refractivity contribution in [3.05, 3.63) is 17.0 Å². The molecule has 6 heteroatoms. The van der Waals surface area contributed by atoms with Crippen molar-refractivity contribution in [2.75, 3.05) is 6.54 Å². The zero-order chi connectivity index (χ0) is 13.7. The van der Waals surface area contributed by atoms with Crippen LogP contribution in [0.3, 0.4) is 0 Å². The lowest BCUT2D eigenvalue weighted by Gasteiger charge is -2.12. The molecule has 2 N–H and O–H groups in total. The Balaban J connectivity index is 2.63. The minimum atomic E-state index is -0.893. The molecule has 100 valence electrons. The highest BCUT2D eigenvalue weighted by atomic mass is 16.5. The van der Waals surface area contributed by atoms with Crippen LogP contribution in [0.15, 0.2) is 4.52 Å². The second-order valence-electron chi connectivity index (χ2n) is 4.23. The fraction of sp³-hybridized carbons (Fsp3) is 0.583. The maximum atomic E-state index is 11.9. The Morgan fingerprint density at radius 3 is 2.56 bits per heavy atom. The zero-order valence-corrected chi connectivity index (χ0v) is 10.8. The molecule has 1 aromatic heterocycles. The minimum absolute atomic E-state index is 0.117. The van der Waals surface area contributed by atoms with Crippen molar-refractivity contribution < 1.29 is 19.2 Å². The van der Waals surface area contributed by atoms with Crippen molar-refractivity contribution in [2.24, 2.45) is 5.92 Å². The molecule has 0 saturated carbocycles. The van der Waals surface area contributed by atoms with E-state index in [0.717, 1.165) is 6.42 Å². The molecule has 6 nitrogen and oxygen atoms in total. The second kappa shape index (κ2) is 6.18. The number of amides is 1.